The number of aliphatic hydroxyl groups is 1. The van der Waals surface area contributed by atoms with Crippen molar-refractivity contribution in [3.63, 3.8) is 0 Å². The van der Waals surface area contributed by atoms with Crippen molar-refractivity contribution in [2.24, 2.45) is 0 Å². The summed E-state index contributed by atoms with van der Waals surface area (Å²) in [5.41, 5.74) is 0.666. The molecule has 2 fully saturated rings. The van der Waals surface area contributed by atoms with Crippen LogP contribution in [0.5, 0.6) is 0 Å². The number of anilines is 1. The topological polar surface area (TPSA) is 133 Å². The first-order valence-electron chi connectivity index (χ1n) is 10.9. The Morgan fingerprint density at radius 1 is 1.06 bits per heavy atom. The van der Waals surface area contributed by atoms with Gasteiger partial charge in [-0.2, -0.15) is 8.61 Å². The number of carbonyl (C=O) groups excluding carboxylic acids is 1. The summed E-state index contributed by atoms with van der Waals surface area (Å²) in [7, 11) is -8.02. The van der Waals surface area contributed by atoms with Crippen LogP contribution in [0.2, 0.25) is 0 Å². The Bertz CT molecular complexity index is 1310. The second-order valence-corrected chi connectivity index (χ2v) is 12.2. The largest absolute Gasteiger partial charge is 0.392 e. The van der Waals surface area contributed by atoms with Crippen molar-refractivity contribution in [2.45, 2.75) is 35.3 Å². The molecule has 4 rings (SSSR count). The molecule has 0 aromatic heterocycles. The number of hydrogen-bond donors (Lipinski definition) is 2. The molecule has 2 aromatic rings. The van der Waals surface area contributed by atoms with Gasteiger partial charge in [-0.3, -0.25) is 4.79 Å². The number of ether oxygens (including phenoxy) is 1. The monoisotopic (exact) mass is 527 g/mol. The molecule has 2 aliphatic heterocycles. The van der Waals surface area contributed by atoms with E-state index in [1.54, 1.807) is 13.0 Å². The molecular weight excluding hydrogens is 501 g/mol. The Balaban J connectivity index is 1.58. The molecule has 0 spiro atoms. The highest BCUT2D eigenvalue weighted by atomic mass is 32.2. The molecule has 2 aliphatic rings. The number of aryl methyl sites for hydroxylation is 1. The van der Waals surface area contributed by atoms with E-state index in [0.29, 0.717) is 5.56 Å². The van der Waals surface area contributed by atoms with E-state index in [2.05, 4.69) is 5.32 Å². The smallest absolute Gasteiger partial charge is 0.243 e. The fourth-order valence-electron chi connectivity index (χ4n) is 4.14. The van der Waals surface area contributed by atoms with Gasteiger partial charge in [0, 0.05) is 31.7 Å². The summed E-state index contributed by atoms with van der Waals surface area (Å²) in [6, 6.07) is 7.35. The number of hydrogen-bond acceptors (Lipinski definition) is 7. The highest BCUT2D eigenvalue weighted by Gasteiger charge is 2.43. The Hall–Kier alpha value is -2.42. The normalized spacial score (nSPS) is 22.3. The maximum Gasteiger partial charge on any atom is 0.243 e. The molecule has 2 atom stereocenters. The zero-order chi connectivity index (χ0) is 25.4. The standard InChI is InChI=1S/C22H26FN3O7S2/c1-15-2-5-17(12-21(15)35(31,32)25-8-10-33-11-9-25)24-22(28)20-13-18(27)14-26(20)34(29,30)19-6-3-16(23)4-7-19/h2-7,12,18,20,27H,8-11,13-14H2,1H3,(H,24,28). The van der Waals surface area contributed by atoms with Crippen LogP contribution in [0, 0.1) is 12.7 Å². The van der Waals surface area contributed by atoms with Crippen molar-refractivity contribution in [3.8, 4) is 0 Å². The number of nitrogens with zero attached hydrogens (tertiary/aromatic N) is 2. The lowest BCUT2D eigenvalue weighted by atomic mass is 10.2. The van der Waals surface area contributed by atoms with Gasteiger partial charge in [0.15, 0.2) is 0 Å². The molecule has 2 aromatic carbocycles. The Morgan fingerprint density at radius 3 is 2.37 bits per heavy atom. The van der Waals surface area contributed by atoms with Gasteiger partial charge in [-0.15, -0.1) is 0 Å². The molecule has 2 unspecified atom stereocenters. The Morgan fingerprint density at radius 2 is 1.71 bits per heavy atom. The van der Waals surface area contributed by atoms with Gasteiger partial charge in [0.25, 0.3) is 0 Å². The van der Waals surface area contributed by atoms with E-state index in [0.717, 1.165) is 28.6 Å². The van der Waals surface area contributed by atoms with Crippen LogP contribution in [0.4, 0.5) is 10.1 Å². The van der Waals surface area contributed by atoms with Crippen LogP contribution >= 0.6 is 0 Å². The average molecular weight is 528 g/mol. The first-order valence-corrected chi connectivity index (χ1v) is 13.8. The van der Waals surface area contributed by atoms with E-state index < -0.39 is 43.9 Å². The lowest BCUT2D eigenvalue weighted by Crippen LogP contribution is -2.43. The van der Waals surface area contributed by atoms with Gasteiger partial charge >= 0.3 is 0 Å². The van der Waals surface area contributed by atoms with E-state index in [9.17, 15) is 31.1 Å². The molecule has 13 heteroatoms. The van der Waals surface area contributed by atoms with Crippen LogP contribution in [-0.4, -0.2) is 81.5 Å². The number of aliphatic hydroxyl groups excluding tert-OH is 1. The predicted octanol–water partition coefficient (Wildman–Crippen LogP) is 0.918. The quantitative estimate of drug-likeness (QED) is 0.571. The fourth-order valence-corrected chi connectivity index (χ4v) is 7.43. The molecule has 10 nitrogen and oxygen atoms in total. The van der Waals surface area contributed by atoms with Gasteiger partial charge in [0.2, 0.25) is 26.0 Å². The van der Waals surface area contributed by atoms with Gasteiger partial charge in [-0.25, -0.2) is 21.2 Å². The number of benzene rings is 2. The maximum atomic E-state index is 13.3. The highest BCUT2D eigenvalue weighted by Crippen LogP contribution is 2.29. The second kappa shape index (κ2) is 9.91. The van der Waals surface area contributed by atoms with Crippen LogP contribution in [0.1, 0.15) is 12.0 Å². The average Bonchev–Trinajstić information content (AvgIpc) is 3.24. The van der Waals surface area contributed by atoms with Crippen LogP contribution in [-0.2, 0) is 29.6 Å². The Labute approximate surface area is 203 Å². The van der Waals surface area contributed by atoms with E-state index in [1.807, 2.05) is 0 Å². The first kappa shape index (κ1) is 25.7. The molecule has 35 heavy (non-hydrogen) atoms. The van der Waals surface area contributed by atoms with Crippen molar-refractivity contribution in [3.05, 3.63) is 53.8 Å². The second-order valence-electron chi connectivity index (χ2n) is 8.42. The SMILES string of the molecule is Cc1ccc(NC(=O)C2CC(O)CN2S(=O)(=O)c2ccc(F)cc2)cc1S(=O)(=O)N1CCOCC1. The zero-order valence-electron chi connectivity index (χ0n) is 18.9. The number of halogens is 1. The number of amides is 1. The molecule has 1 amide bonds. The summed E-state index contributed by atoms with van der Waals surface area (Å²) >= 11 is 0. The van der Waals surface area contributed by atoms with Gasteiger partial charge < -0.3 is 15.2 Å². The molecule has 2 saturated heterocycles. The molecule has 0 bridgehead atoms. The number of carbonyl (C=O) groups is 1. The number of β-amino-alcohol motifs (C(OH)–C–C–N with tert-alkyl or cyclic N) is 1. The lowest BCUT2D eigenvalue weighted by molar-refractivity contribution is -0.119. The van der Waals surface area contributed by atoms with Crippen LogP contribution in [0.3, 0.4) is 0 Å². The number of rotatable bonds is 6. The van der Waals surface area contributed by atoms with Crippen molar-refractivity contribution in [1.82, 2.24) is 8.61 Å². The van der Waals surface area contributed by atoms with Crippen molar-refractivity contribution >= 4 is 31.6 Å². The van der Waals surface area contributed by atoms with Crippen molar-refractivity contribution in [2.75, 3.05) is 38.2 Å². The highest BCUT2D eigenvalue weighted by molar-refractivity contribution is 7.89. The predicted molar refractivity (Wildman–Crippen MR) is 124 cm³/mol. The van der Waals surface area contributed by atoms with Gasteiger partial charge in [-0.05, 0) is 48.9 Å². The summed E-state index contributed by atoms with van der Waals surface area (Å²) in [6.07, 6.45) is -1.21. The summed E-state index contributed by atoms with van der Waals surface area (Å²) in [5, 5.41) is 12.7. The molecule has 0 radical (unpaired) electrons. The number of morpholine rings is 1. The van der Waals surface area contributed by atoms with Crippen molar-refractivity contribution in [1.29, 1.82) is 0 Å². The number of sulfonamides is 2. The molecule has 0 aliphatic carbocycles. The molecule has 0 saturated carbocycles. The minimum atomic E-state index is -4.20. The van der Waals surface area contributed by atoms with E-state index in [1.165, 1.54) is 16.4 Å². The molecular formula is C22H26FN3O7S2. The van der Waals surface area contributed by atoms with E-state index >= 15 is 0 Å². The minimum absolute atomic E-state index is 0.0273. The van der Waals surface area contributed by atoms with E-state index in [-0.39, 0.29) is 54.7 Å². The Kier molecular flexibility index (Phi) is 7.27. The summed E-state index contributed by atoms with van der Waals surface area (Å²) < 4.78 is 73.1. The molecule has 2 heterocycles. The molecule has 2 N–H and O–H groups in total. The third kappa shape index (κ3) is 5.25. The third-order valence-electron chi connectivity index (χ3n) is 6.00. The summed E-state index contributed by atoms with van der Waals surface area (Å²) in [5.74, 6) is -1.33. The lowest BCUT2D eigenvalue weighted by Gasteiger charge is -2.27. The van der Waals surface area contributed by atoms with Gasteiger partial charge in [0.1, 0.15) is 11.9 Å². The van der Waals surface area contributed by atoms with Crippen molar-refractivity contribution < 1.29 is 35.9 Å². The number of nitrogens with one attached hydrogen (secondary N) is 1. The van der Waals surface area contributed by atoms with Crippen LogP contribution in [0.15, 0.2) is 52.3 Å². The fraction of sp³-hybridized carbons (Fsp3) is 0.409. The summed E-state index contributed by atoms with van der Waals surface area (Å²) in [6.45, 7) is 2.35. The molecule has 190 valence electrons. The van der Waals surface area contributed by atoms with Gasteiger partial charge in [-0.1, -0.05) is 6.07 Å². The maximum absolute atomic E-state index is 13.3. The van der Waals surface area contributed by atoms with Crippen LogP contribution < -0.4 is 5.32 Å². The van der Waals surface area contributed by atoms with E-state index in [4.69, 9.17) is 4.74 Å². The minimum Gasteiger partial charge on any atom is -0.392 e. The van der Waals surface area contributed by atoms with Gasteiger partial charge in [0.05, 0.1) is 29.1 Å². The first-order chi connectivity index (χ1) is 16.5. The summed E-state index contributed by atoms with van der Waals surface area (Å²) in [4.78, 5) is 12.9. The van der Waals surface area contributed by atoms with Crippen LogP contribution in [0.25, 0.3) is 0 Å². The zero-order valence-corrected chi connectivity index (χ0v) is 20.6. The third-order valence-corrected chi connectivity index (χ3v) is 9.93.